The summed E-state index contributed by atoms with van der Waals surface area (Å²) in [7, 11) is 1.66. The van der Waals surface area contributed by atoms with Crippen LogP contribution in [0.1, 0.15) is 5.56 Å². The van der Waals surface area contributed by atoms with Gasteiger partial charge in [-0.3, -0.25) is 4.98 Å². The highest BCUT2D eigenvalue weighted by molar-refractivity contribution is 7.71. The molecule has 3 aromatic rings. The van der Waals surface area contributed by atoms with E-state index in [0.717, 1.165) is 23.3 Å². The Morgan fingerprint density at radius 2 is 2.05 bits per heavy atom. The van der Waals surface area contributed by atoms with Gasteiger partial charge >= 0.3 is 0 Å². The van der Waals surface area contributed by atoms with Gasteiger partial charge in [-0.1, -0.05) is 0 Å². The van der Waals surface area contributed by atoms with Crippen LogP contribution in [0.25, 0.3) is 11.0 Å². The van der Waals surface area contributed by atoms with Gasteiger partial charge in [-0.05, 0) is 42.0 Å². The van der Waals surface area contributed by atoms with Crippen LogP contribution in [0.15, 0.2) is 42.7 Å². The number of fused-ring (bicyclic) bond motifs is 1. The molecule has 2 aromatic heterocycles. The van der Waals surface area contributed by atoms with Crippen LogP contribution >= 0.6 is 12.2 Å². The Morgan fingerprint density at radius 3 is 2.79 bits per heavy atom. The van der Waals surface area contributed by atoms with E-state index in [0.29, 0.717) is 4.77 Å². The molecule has 0 aliphatic carbocycles. The fourth-order valence-electron chi connectivity index (χ4n) is 2.10. The van der Waals surface area contributed by atoms with Crippen molar-refractivity contribution in [1.82, 2.24) is 14.5 Å². The van der Waals surface area contributed by atoms with E-state index in [1.807, 2.05) is 30.3 Å². The maximum absolute atomic E-state index is 5.38. The van der Waals surface area contributed by atoms with Crippen LogP contribution in [0, 0.1) is 4.77 Å². The van der Waals surface area contributed by atoms with Gasteiger partial charge in [0.25, 0.3) is 0 Å². The summed E-state index contributed by atoms with van der Waals surface area (Å²) >= 11 is 5.38. The van der Waals surface area contributed by atoms with Crippen molar-refractivity contribution in [2.24, 2.45) is 0 Å². The predicted molar refractivity (Wildman–Crippen MR) is 77.0 cm³/mol. The molecule has 1 N–H and O–H groups in total. The molecule has 0 bridgehead atoms. The lowest BCUT2D eigenvalue weighted by molar-refractivity contribution is 0.415. The van der Waals surface area contributed by atoms with Crippen molar-refractivity contribution < 1.29 is 4.74 Å². The van der Waals surface area contributed by atoms with E-state index >= 15 is 0 Å². The molecule has 4 nitrogen and oxygen atoms in total. The second-order valence-electron chi connectivity index (χ2n) is 4.25. The third-order valence-electron chi connectivity index (χ3n) is 3.07. The van der Waals surface area contributed by atoms with Crippen molar-refractivity contribution in [2.45, 2.75) is 6.54 Å². The normalized spacial score (nSPS) is 10.8. The monoisotopic (exact) mass is 271 g/mol. The number of aromatic amines is 1. The number of imidazole rings is 1. The fourth-order valence-corrected chi connectivity index (χ4v) is 2.37. The van der Waals surface area contributed by atoms with E-state index < -0.39 is 0 Å². The summed E-state index contributed by atoms with van der Waals surface area (Å²) in [4.78, 5) is 7.23. The van der Waals surface area contributed by atoms with Gasteiger partial charge in [0.15, 0.2) is 4.77 Å². The number of hydrogen-bond acceptors (Lipinski definition) is 3. The topological polar surface area (TPSA) is 42.8 Å². The van der Waals surface area contributed by atoms with Crippen LogP contribution in [0.2, 0.25) is 0 Å². The first-order valence-electron chi connectivity index (χ1n) is 5.93. The minimum Gasteiger partial charge on any atom is -0.497 e. The van der Waals surface area contributed by atoms with Crippen LogP contribution in [0.5, 0.6) is 5.75 Å². The van der Waals surface area contributed by atoms with Crippen molar-refractivity contribution in [2.75, 3.05) is 7.11 Å². The average Bonchev–Trinajstić information content (AvgIpc) is 2.75. The summed E-state index contributed by atoms with van der Waals surface area (Å²) in [5.74, 6) is 0.819. The standard InChI is InChI=1S/C14H13N3OS/c1-18-11-2-3-13-12(8-11)16-14(19)17(13)9-10-4-6-15-7-5-10/h2-8H,9H2,1H3,(H,16,19). The van der Waals surface area contributed by atoms with Crippen LogP contribution in [0.4, 0.5) is 0 Å². The lowest BCUT2D eigenvalue weighted by Gasteiger charge is -2.05. The molecule has 96 valence electrons. The second kappa shape index (κ2) is 4.85. The van der Waals surface area contributed by atoms with Gasteiger partial charge in [0.1, 0.15) is 5.75 Å². The largest absolute Gasteiger partial charge is 0.497 e. The highest BCUT2D eigenvalue weighted by Gasteiger charge is 2.06. The van der Waals surface area contributed by atoms with Crippen molar-refractivity contribution in [3.05, 3.63) is 53.1 Å². The van der Waals surface area contributed by atoms with Crippen LogP contribution in [-0.2, 0) is 6.54 Å². The Morgan fingerprint density at radius 1 is 1.26 bits per heavy atom. The van der Waals surface area contributed by atoms with Gasteiger partial charge in [-0.15, -0.1) is 0 Å². The SMILES string of the molecule is COc1ccc2c(c1)[nH]c(=S)n2Cc1ccncc1. The van der Waals surface area contributed by atoms with E-state index in [1.165, 1.54) is 5.56 Å². The highest BCUT2D eigenvalue weighted by atomic mass is 32.1. The molecule has 1 aromatic carbocycles. The zero-order chi connectivity index (χ0) is 13.2. The highest BCUT2D eigenvalue weighted by Crippen LogP contribution is 2.21. The minimum absolute atomic E-state index is 0.708. The molecular weight excluding hydrogens is 258 g/mol. The number of methoxy groups -OCH3 is 1. The molecular formula is C14H13N3OS. The minimum atomic E-state index is 0.708. The van der Waals surface area contributed by atoms with Crippen LogP contribution < -0.4 is 4.74 Å². The summed E-state index contributed by atoms with van der Waals surface area (Å²) in [5.41, 5.74) is 3.23. The maximum atomic E-state index is 5.38. The molecule has 5 heteroatoms. The van der Waals surface area contributed by atoms with Gasteiger partial charge in [0.2, 0.25) is 0 Å². The summed E-state index contributed by atoms with van der Waals surface area (Å²) in [5, 5.41) is 0. The Kier molecular flexibility index (Phi) is 3.05. The van der Waals surface area contributed by atoms with Gasteiger partial charge < -0.3 is 14.3 Å². The molecule has 2 heterocycles. The van der Waals surface area contributed by atoms with Gasteiger partial charge in [0.05, 0.1) is 24.7 Å². The van der Waals surface area contributed by atoms with Crippen LogP contribution in [0.3, 0.4) is 0 Å². The third kappa shape index (κ3) is 2.24. The smallest absolute Gasteiger partial charge is 0.178 e. The predicted octanol–water partition coefficient (Wildman–Crippen LogP) is 3.15. The molecule has 0 aliphatic heterocycles. The summed E-state index contributed by atoms with van der Waals surface area (Å²) < 4.78 is 8.00. The number of pyridine rings is 1. The van der Waals surface area contributed by atoms with Crippen molar-refractivity contribution in [3.8, 4) is 5.75 Å². The first-order chi connectivity index (χ1) is 9.28. The van der Waals surface area contributed by atoms with E-state index in [-0.39, 0.29) is 0 Å². The molecule has 0 spiro atoms. The number of H-pyrrole nitrogens is 1. The number of ether oxygens (including phenoxy) is 1. The molecule has 0 saturated heterocycles. The lowest BCUT2D eigenvalue weighted by Crippen LogP contribution is -1.99. The first kappa shape index (κ1) is 11.9. The molecule has 0 saturated carbocycles. The fraction of sp³-hybridized carbons (Fsp3) is 0.143. The van der Waals surface area contributed by atoms with Gasteiger partial charge in [-0.2, -0.15) is 0 Å². The molecule has 0 aliphatic rings. The van der Waals surface area contributed by atoms with Gasteiger partial charge in [0, 0.05) is 18.5 Å². The molecule has 0 fully saturated rings. The molecule has 0 amide bonds. The van der Waals surface area contributed by atoms with E-state index in [2.05, 4.69) is 14.5 Å². The molecule has 0 atom stereocenters. The summed E-state index contributed by atoms with van der Waals surface area (Å²) in [6, 6.07) is 9.89. The number of nitrogens with zero attached hydrogens (tertiary/aromatic N) is 2. The quantitative estimate of drug-likeness (QED) is 0.744. The molecule has 0 unspecified atom stereocenters. The van der Waals surface area contributed by atoms with Crippen molar-refractivity contribution in [1.29, 1.82) is 0 Å². The third-order valence-corrected chi connectivity index (χ3v) is 3.39. The van der Waals surface area contributed by atoms with Crippen molar-refractivity contribution in [3.63, 3.8) is 0 Å². The van der Waals surface area contributed by atoms with E-state index in [9.17, 15) is 0 Å². The molecule has 19 heavy (non-hydrogen) atoms. The average molecular weight is 271 g/mol. The summed E-state index contributed by atoms with van der Waals surface area (Å²) in [6.07, 6.45) is 3.58. The van der Waals surface area contributed by atoms with Gasteiger partial charge in [-0.25, -0.2) is 0 Å². The number of hydrogen-bond donors (Lipinski definition) is 1. The van der Waals surface area contributed by atoms with Crippen molar-refractivity contribution >= 4 is 23.3 Å². The Labute approximate surface area is 115 Å². The zero-order valence-corrected chi connectivity index (χ0v) is 11.3. The lowest BCUT2D eigenvalue weighted by atomic mass is 10.2. The van der Waals surface area contributed by atoms with E-state index in [1.54, 1.807) is 19.5 Å². The van der Waals surface area contributed by atoms with Crippen LogP contribution in [-0.4, -0.2) is 21.6 Å². The number of nitrogens with one attached hydrogen (secondary N) is 1. The Bertz CT molecular complexity index is 761. The Balaban J connectivity index is 2.09. The molecule has 3 rings (SSSR count). The summed E-state index contributed by atoms with van der Waals surface area (Å²) in [6.45, 7) is 0.730. The number of rotatable bonds is 3. The molecule has 0 radical (unpaired) electrons. The Hall–Kier alpha value is -2.14. The maximum Gasteiger partial charge on any atom is 0.178 e. The zero-order valence-electron chi connectivity index (χ0n) is 10.5. The first-order valence-corrected chi connectivity index (χ1v) is 6.34. The van der Waals surface area contributed by atoms with E-state index in [4.69, 9.17) is 17.0 Å². The number of aromatic nitrogens is 3. The number of benzene rings is 1. The second-order valence-corrected chi connectivity index (χ2v) is 4.64.